The van der Waals surface area contributed by atoms with E-state index in [1.54, 1.807) is 6.07 Å². The van der Waals surface area contributed by atoms with Gasteiger partial charge in [0, 0.05) is 19.3 Å². The summed E-state index contributed by atoms with van der Waals surface area (Å²) in [6.07, 6.45) is 3.04. The maximum atomic E-state index is 12.1. The third-order valence-electron chi connectivity index (χ3n) is 3.46. The molecule has 1 aliphatic rings. The quantitative estimate of drug-likeness (QED) is 0.845. The van der Waals surface area contributed by atoms with Crippen molar-refractivity contribution >= 4 is 11.9 Å². The number of aromatic carboxylic acids is 1. The molecule has 2 N–H and O–H groups in total. The summed E-state index contributed by atoms with van der Waals surface area (Å²) in [6.45, 7) is 2.98. The van der Waals surface area contributed by atoms with Gasteiger partial charge < -0.3 is 15.2 Å². The smallest absolute Gasteiger partial charge is 0.354 e. The van der Waals surface area contributed by atoms with Crippen molar-refractivity contribution in [3.8, 4) is 0 Å². The van der Waals surface area contributed by atoms with Gasteiger partial charge in [0.15, 0.2) is 0 Å². The van der Waals surface area contributed by atoms with Crippen LogP contribution >= 0.6 is 0 Å². The van der Waals surface area contributed by atoms with Crippen LogP contribution in [-0.2, 0) is 16.1 Å². The lowest BCUT2D eigenvalue weighted by atomic mass is 9.98. The van der Waals surface area contributed by atoms with Gasteiger partial charge in [0.25, 0.3) is 0 Å². The molecule has 0 bridgehead atoms. The fourth-order valence-electron chi connectivity index (χ4n) is 2.33. The molecule has 108 valence electrons. The first kappa shape index (κ1) is 14.5. The molecular weight excluding hydrogens is 260 g/mol. The fourth-order valence-corrected chi connectivity index (χ4v) is 2.33. The maximum Gasteiger partial charge on any atom is 0.354 e. The zero-order valence-corrected chi connectivity index (χ0v) is 11.3. The molecule has 1 saturated heterocycles. The Labute approximate surface area is 117 Å². The van der Waals surface area contributed by atoms with Gasteiger partial charge in [-0.05, 0) is 24.5 Å². The van der Waals surface area contributed by atoms with E-state index in [0.717, 1.165) is 18.4 Å². The van der Waals surface area contributed by atoms with E-state index in [1.165, 1.54) is 12.3 Å². The Bertz CT molecular complexity index is 486. The first-order chi connectivity index (χ1) is 9.61. The Kier molecular flexibility index (Phi) is 4.68. The van der Waals surface area contributed by atoms with Gasteiger partial charge in [-0.1, -0.05) is 13.0 Å². The van der Waals surface area contributed by atoms with E-state index in [2.05, 4.69) is 10.3 Å². The van der Waals surface area contributed by atoms with E-state index >= 15 is 0 Å². The van der Waals surface area contributed by atoms with Gasteiger partial charge in [-0.25, -0.2) is 9.78 Å². The number of ether oxygens (including phenoxy) is 1. The molecular formula is C14H18N2O4. The monoisotopic (exact) mass is 278 g/mol. The van der Waals surface area contributed by atoms with E-state index in [0.29, 0.717) is 13.2 Å². The number of hydrogen-bond donors (Lipinski definition) is 2. The molecule has 2 rings (SSSR count). The van der Waals surface area contributed by atoms with Crippen LogP contribution in [0.2, 0.25) is 0 Å². The fraction of sp³-hybridized carbons (Fsp3) is 0.500. The number of carbonyl (C=O) groups is 2. The second-order valence-corrected chi connectivity index (χ2v) is 4.79. The van der Waals surface area contributed by atoms with E-state index in [4.69, 9.17) is 9.84 Å². The number of pyridine rings is 1. The van der Waals surface area contributed by atoms with Crippen molar-refractivity contribution in [3.05, 3.63) is 29.6 Å². The van der Waals surface area contributed by atoms with E-state index in [-0.39, 0.29) is 23.6 Å². The summed E-state index contributed by atoms with van der Waals surface area (Å²) in [5, 5.41) is 11.6. The van der Waals surface area contributed by atoms with Crippen molar-refractivity contribution in [2.75, 3.05) is 6.61 Å². The number of nitrogens with one attached hydrogen (secondary N) is 1. The largest absolute Gasteiger partial charge is 0.477 e. The van der Waals surface area contributed by atoms with Crippen LogP contribution in [0.15, 0.2) is 18.3 Å². The molecule has 6 nitrogen and oxygen atoms in total. The second kappa shape index (κ2) is 6.47. The summed E-state index contributed by atoms with van der Waals surface area (Å²) in [5.74, 6) is -1.17. The summed E-state index contributed by atoms with van der Waals surface area (Å²) in [5.41, 5.74) is 0.769. The topological polar surface area (TPSA) is 88.5 Å². The van der Waals surface area contributed by atoms with Crippen molar-refractivity contribution in [3.63, 3.8) is 0 Å². The minimum absolute atomic E-state index is 0.00233. The average Bonchev–Trinajstić information content (AvgIpc) is 2.93. The first-order valence-corrected chi connectivity index (χ1v) is 6.69. The molecule has 1 amide bonds. The van der Waals surface area contributed by atoms with E-state index in [9.17, 15) is 9.59 Å². The highest BCUT2D eigenvalue weighted by molar-refractivity contribution is 5.85. The zero-order valence-electron chi connectivity index (χ0n) is 11.3. The van der Waals surface area contributed by atoms with Crippen LogP contribution in [0.25, 0.3) is 0 Å². The highest BCUT2D eigenvalue weighted by Crippen LogP contribution is 2.23. The Morgan fingerprint density at radius 1 is 1.50 bits per heavy atom. The van der Waals surface area contributed by atoms with Crippen LogP contribution in [0.3, 0.4) is 0 Å². The summed E-state index contributed by atoms with van der Waals surface area (Å²) >= 11 is 0. The predicted molar refractivity (Wildman–Crippen MR) is 71.2 cm³/mol. The Morgan fingerprint density at radius 3 is 2.90 bits per heavy atom. The second-order valence-electron chi connectivity index (χ2n) is 4.79. The van der Waals surface area contributed by atoms with Gasteiger partial charge in [0.2, 0.25) is 5.91 Å². The third-order valence-corrected chi connectivity index (χ3v) is 3.46. The van der Waals surface area contributed by atoms with Crippen molar-refractivity contribution < 1.29 is 19.4 Å². The molecule has 1 aromatic heterocycles. The molecule has 2 heterocycles. The maximum absolute atomic E-state index is 12.1. The van der Waals surface area contributed by atoms with Gasteiger partial charge in [-0.2, -0.15) is 0 Å². The number of rotatable bonds is 5. The van der Waals surface area contributed by atoms with Gasteiger partial charge in [-0.15, -0.1) is 0 Å². The molecule has 2 atom stereocenters. The third kappa shape index (κ3) is 3.33. The van der Waals surface area contributed by atoms with Gasteiger partial charge in [0.05, 0.1) is 12.0 Å². The van der Waals surface area contributed by atoms with Gasteiger partial charge >= 0.3 is 5.97 Å². The number of carbonyl (C=O) groups excluding carboxylic acids is 1. The minimum atomic E-state index is -1.06. The summed E-state index contributed by atoms with van der Waals surface area (Å²) in [6, 6.07) is 3.08. The molecule has 1 fully saturated rings. The van der Waals surface area contributed by atoms with Crippen molar-refractivity contribution in [1.82, 2.24) is 10.3 Å². The average molecular weight is 278 g/mol. The highest BCUT2D eigenvalue weighted by Gasteiger charge is 2.32. The lowest BCUT2D eigenvalue weighted by Gasteiger charge is -2.16. The lowest BCUT2D eigenvalue weighted by Crippen LogP contribution is -2.34. The van der Waals surface area contributed by atoms with Crippen LogP contribution in [0, 0.1) is 5.92 Å². The van der Waals surface area contributed by atoms with Crippen molar-refractivity contribution in [2.45, 2.75) is 32.4 Å². The molecule has 0 aliphatic carbocycles. The number of aromatic nitrogens is 1. The molecule has 0 radical (unpaired) electrons. The molecule has 6 heteroatoms. The number of hydrogen-bond acceptors (Lipinski definition) is 4. The van der Waals surface area contributed by atoms with Crippen LogP contribution in [0.1, 0.15) is 35.8 Å². The zero-order chi connectivity index (χ0) is 14.5. The van der Waals surface area contributed by atoms with Crippen molar-refractivity contribution in [1.29, 1.82) is 0 Å². The molecule has 0 saturated carbocycles. The Morgan fingerprint density at radius 2 is 2.30 bits per heavy atom. The highest BCUT2D eigenvalue weighted by atomic mass is 16.5. The molecule has 0 aromatic carbocycles. The molecule has 2 unspecified atom stereocenters. The summed E-state index contributed by atoms with van der Waals surface area (Å²) in [7, 11) is 0. The Balaban J connectivity index is 1.88. The number of nitrogens with zero attached hydrogens (tertiary/aromatic N) is 1. The predicted octanol–water partition coefficient (Wildman–Crippen LogP) is 1.21. The minimum Gasteiger partial charge on any atom is -0.477 e. The lowest BCUT2D eigenvalue weighted by molar-refractivity contribution is -0.126. The first-order valence-electron chi connectivity index (χ1n) is 6.69. The van der Waals surface area contributed by atoms with Gasteiger partial charge in [0.1, 0.15) is 5.69 Å². The van der Waals surface area contributed by atoms with Crippen LogP contribution in [0.4, 0.5) is 0 Å². The number of amides is 1. The molecule has 1 aromatic rings. The standard InChI is InChI=1S/C14H18N2O4/c1-2-12-10(5-6-20-12)13(17)16-8-9-3-4-11(14(18)19)15-7-9/h3-4,7,10,12H,2,5-6,8H2,1H3,(H,16,17)(H,18,19). The van der Waals surface area contributed by atoms with Crippen LogP contribution in [0.5, 0.6) is 0 Å². The number of carboxylic acids is 1. The number of carboxylic acid groups (broad SMARTS) is 1. The van der Waals surface area contributed by atoms with Crippen molar-refractivity contribution in [2.24, 2.45) is 5.92 Å². The van der Waals surface area contributed by atoms with Crippen LogP contribution in [-0.4, -0.2) is 34.7 Å². The van der Waals surface area contributed by atoms with Gasteiger partial charge in [-0.3, -0.25) is 4.79 Å². The summed E-state index contributed by atoms with van der Waals surface area (Å²) < 4.78 is 5.49. The normalized spacial score (nSPS) is 21.6. The molecule has 0 spiro atoms. The molecule has 20 heavy (non-hydrogen) atoms. The van der Waals surface area contributed by atoms with E-state index < -0.39 is 5.97 Å². The SMILES string of the molecule is CCC1OCCC1C(=O)NCc1ccc(C(=O)O)nc1. The Hall–Kier alpha value is -1.95. The molecule has 1 aliphatic heterocycles. The summed E-state index contributed by atoms with van der Waals surface area (Å²) in [4.78, 5) is 26.5. The van der Waals surface area contributed by atoms with E-state index in [1.807, 2.05) is 6.92 Å². The van der Waals surface area contributed by atoms with Crippen LogP contribution < -0.4 is 5.32 Å².